The Hall–Kier alpha value is -1.35. The molecule has 0 aliphatic carbocycles. The fourth-order valence-corrected chi connectivity index (χ4v) is 2.05. The van der Waals surface area contributed by atoms with E-state index in [0.717, 1.165) is 0 Å². The molecule has 1 aromatic heterocycles. The van der Waals surface area contributed by atoms with Gasteiger partial charge < -0.3 is 10.2 Å². The molecule has 0 amide bonds. The third-order valence-corrected chi connectivity index (χ3v) is 2.79. The summed E-state index contributed by atoms with van der Waals surface area (Å²) < 4.78 is 1.49. The third kappa shape index (κ3) is 1.52. The molecule has 86 valence electrons. The first kappa shape index (κ1) is 11.1. The van der Waals surface area contributed by atoms with Crippen LogP contribution in [0.2, 0.25) is 5.02 Å². The molecule has 0 spiro atoms. The van der Waals surface area contributed by atoms with E-state index in [9.17, 15) is 10.2 Å². The van der Waals surface area contributed by atoms with Gasteiger partial charge in [0.2, 0.25) is 11.8 Å². The molecule has 16 heavy (non-hydrogen) atoms. The molecular formula is C12H14ClNO2. The fraction of sp³-hybridized carbons (Fsp3) is 0.333. The summed E-state index contributed by atoms with van der Waals surface area (Å²) in [5.41, 5.74) is -0.389. The Bertz CT molecular complexity index is 552. The Morgan fingerprint density at radius 1 is 1.06 bits per heavy atom. The number of hydrogen-bond acceptors (Lipinski definition) is 2. The molecule has 0 radical (unpaired) electrons. The summed E-state index contributed by atoms with van der Waals surface area (Å²) in [6.07, 6.45) is 0. The summed E-state index contributed by atoms with van der Waals surface area (Å²) in [7, 11) is 0. The van der Waals surface area contributed by atoms with E-state index in [4.69, 9.17) is 11.6 Å². The van der Waals surface area contributed by atoms with Gasteiger partial charge in [-0.1, -0.05) is 11.6 Å². The van der Waals surface area contributed by atoms with Crippen molar-refractivity contribution in [3.63, 3.8) is 0 Å². The highest BCUT2D eigenvalue weighted by molar-refractivity contribution is 6.31. The number of aromatic nitrogens is 1. The summed E-state index contributed by atoms with van der Waals surface area (Å²) in [5, 5.41) is 21.8. The minimum Gasteiger partial charge on any atom is -0.494 e. The number of nitrogens with zero attached hydrogens (tertiary/aromatic N) is 1. The van der Waals surface area contributed by atoms with Crippen LogP contribution in [0.4, 0.5) is 0 Å². The summed E-state index contributed by atoms with van der Waals surface area (Å²) in [6, 6.07) is 5.04. The van der Waals surface area contributed by atoms with Crippen molar-refractivity contribution >= 4 is 22.4 Å². The van der Waals surface area contributed by atoms with Gasteiger partial charge in [0.15, 0.2) is 0 Å². The molecule has 0 aliphatic rings. The van der Waals surface area contributed by atoms with Crippen molar-refractivity contribution < 1.29 is 10.2 Å². The molecule has 0 bridgehead atoms. The van der Waals surface area contributed by atoms with Crippen LogP contribution in [0.25, 0.3) is 10.8 Å². The second-order valence-electron chi connectivity index (χ2n) is 4.84. The first-order chi connectivity index (χ1) is 7.32. The van der Waals surface area contributed by atoms with Crippen LogP contribution in [0.1, 0.15) is 20.8 Å². The van der Waals surface area contributed by atoms with Gasteiger partial charge in [-0.15, -0.1) is 0 Å². The van der Waals surface area contributed by atoms with E-state index in [1.54, 1.807) is 18.2 Å². The lowest BCUT2D eigenvalue weighted by Gasteiger charge is -2.22. The minimum atomic E-state index is -0.389. The number of rotatable bonds is 0. The fourth-order valence-electron chi connectivity index (χ4n) is 1.87. The maximum atomic E-state index is 10.1. The highest BCUT2D eigenvalue weighted by atomic mass is 35.5. The van der Waals surface area contributed by atoms with Crippen molar-refractivity contribution in [1.82, 2.24) is 4.57 Å². The Morgan fingerprint density at radius 3 is 2.19 bits per heavy atom. The largest absolute Gasteiger partial charge is 0.494 e. The number of fused-ring (bicyclic) bond motifs is 1. The molecular weight excluding hydrogens is 226 g/mol. The Kier molecular flexibility index (Phi) is 2.31. The van der Waals surface area contributed by atoms with E-state index in [0.29, 0.717) is 15.8 Å². The van der Waals surface area contributed by atoms with E-state index in [-0.39, 0.29) is 17.3 Å². The van der Waals surface area contributed by atoms with Crippen LogP contribution >= 0.6 is 11.6 Å². The van der Waals surface area contributed by atoms with E-state index < -0.39 is 0 Å². The van der Waals surface area contributed by atoms with E-state index in [1.807, 2.05) is 20.8 Å². The molecule has 2 aromatic rings. The van der Waals surface area contributed by atoms with Gasteiger partial charge in [-0.3, -0.25) is 4.57 Å². The number of aromatic hydroxyl groups is 2. The molecule has 0 atom stereocenters. The minimum absolute atomic E-state index is 0.0440. The molecule has 0 saturated carbocycles. The quantitative estimate of drug-likeness (QED) is 0.740. The summed E-state index contributed by atoms with van der Waals surface area (Å²) >= 11 is 5.86. The first-order valence-corrected chi connectivity index (χ1v) is 5.42. The lowest BCUT2D eigenvalue weighted by molar-refractivity contribution is 0.287. The molecule has 3 nitrogen and oxygen atoms in total. The van der Waals surface area contributed by atoms with Gasteiger partial charge in [0.1, 0.15) is 0 Å². The molecule has 0 saturated heterocycles. The maximum Gasteiger partial charge on any atom is 0.202 e. The van der Waals surface area contributed by atoms with Crippen LogP contribution in [-0.4, -0.2) is 14.8 Å². The van der Waals surface area contributed by atoms with Gasteiger partial charge in [-0.2, -0.15) is 0 Å². The molecule has 0 aliphatic heterocycles. The van der Waals surface area contributed by atoms with Crippen LogP contribution in [0.15, 0.2) is 18.2 Å². The Morgan fingerprint density at radius 2 is 1.62 bits per heavy atom. The standard InChI is InChI=1S/C12H14ClNO2/c1-12(2,3)14-10(15)8-5-4-7(13)6-9(8)11(14)16/h4-6,15-16H,1-3H3. The lowest BCUT2D eigenvalue weighted by Crippen LogP contribution is -2.20. The zero-order chi connectivity index (χ0) is 12.1. The van der Waals surface area contributed by atoms with Gasteiger partial charge >= 0.3 is 0 Å². The molecule has 1 heterocycles. The zero-order valence-electron chi connectivity index (χ0n) is 9.45. The highest BCUT2D eigenvalue weighted by Crippen LogP contribution is 2.41. The van der Waals surface area contributed by atoms with E-state index >= 15 is 0 Å². The predicted molar refractivity (Wildman–Crippen MR) is 65.3 cm³/mol. The van der Waals surface area contributed by atoms with E-state index in [1.165, 1.54) is 4.57 Å². The molecule has 2 N–H and O–H groups in total. The average Bonchev–Trinajstić information content (AvgIpc) is 2.38. The van der Waals surface area contributed by atoms with Gasteiger partial charge in [0.25, 0.3) is 0 Å². The van der Waals surface area contributed by atoms with Crippen molar-refractivity contribution in [2.75, 3.05) is 0 Å². The van der Waals surface area contributed by atoms with Crippen molar-refractivity contribution in [2.45, 2.75) is 26.3 Å². The monoisotopic (exact) mass is 239 g/mol. The van der Waals surface area contributed by atoms with Crippen molar-refractivity contribution in [3.05, 3.63) is 23.2 Å². The topological polar surface area (TPSA) is 45.4 Å². The normalized spacial score (nSPS) is 12.2. The van der Waals surface area contributed by atoms with Crippen molar-refractivity contribution in [3.8, 4) is 11.8 Å². The third-order valence-electron chi connectivity index (χ3n) is 2.56. The Labute approximate surface area is 98.9 Å². The Balaban J connectivity index is 2.87. The average molecular weight is 240 g/mol. The van der Waals surface area contributed by atoms with Gasteiger partial charge in [-0.25, -0.2) is 0 Å². The number of hydrogen-bond donors (Lipinski definition) is 2. The number of halogens is 1. The second kappa shape index (κ2) is 3.32. The van der Waals surface area contributed by atoms with Gasteiger partial charge in [0, 0.05) is 21.3 Å². The van der Waals surface area contributed by atoms with Crippen molar-refractivity contribution in [1.29, 1.82) is 0 Å². The van der Waals surface area contributed by atoms with Crippen LogP contribution in [0.5, 0.6) is 11.8 Å². The second-order valence-corrected chi connectivity index (χ2v) is 5.28. The predicted octanol–water partition coefficient (Wildman–Crippen LogP) is 3.46. The first-order valence-electron chi connectivity index (χ1n) is 5.05. The molecule has 4 heteroatoms. The molecule has 2 rings (SSSR count). The molecule has 0 unspecified atom stereocenters. The van der Waals surface area contributed by atoms with Gasteiger partial charge in [-0.05, 0) is 39.0 Å². The van der Waals surface area contributed by atoms with Crippen LogP contribution < -0.4 is 0 Å². The summed E-state index contributed by atoms with van der Waals surface area (Å²) in [6.45, 7) is 5.73. The van der Waals surface area contributed by atoms with Crippen LogP contribution in [0.3, 0.4) is 0 Å². The van der Waals surface area contributed by atoms with Gasteiger partial charge in [0.05, 0.1) is 0 Å². The zero-order valence-corrected chi connectivity index (χ0v) is 10.2. The SMILES string of the molecule is CC(C)(C)n1c(O)c2ccc(Cl)cc2c1O. The van der Waals surface area contributed by atoms with Crippen LogP contribution in [0, 0.1) is 0 Å². The van der Waals surface area contributed by atoms with E-state index in [2.05, 4.69) is 0 Å². The highest BCUT2D eigenvalue weighted by Gasteiger charge is 2.24. The summed E-state index contributed by atoms with van der Waals surface area (Å²) in [4.78, 5) is 0. The number of benzene rings is 1. The van der Waals surface area contributed by atoms with Crippen LogP contribution in [-0.2, 0) is 5.54 Å². The molecule has 1 aromatic carbocycles. The molecule has 0 fully saturated rings. The smallest absolute Gasteiger partial charge is 0.202 e. The summed E-state index contributed by atoms with van der Waals surface area (Å²) in [5.74, 6) is 0.110. The maximum absolute atomic E-state index is 10.1. The van der Waals surface area contributed by atoms with Crippen molar-refractivity contribution in [2.24, 2.45) is 0 Å². The lowest BCUT2D eigenvalue weighted by atomic mass is 10.1.